The summed E-state index contributed by atoms with van der Waals surface area (Å²) in [5, 5.41) is 19.5. The van der Waals surface area contributed by atoms with Crippen molar-refractivity contribution < 1.29 is 38.4 Å². The topological polar surface area (TPSA) is 553 Å². The van der Waals surface area contributed by atoms with Crippen LogP contribution in [-0.4, -0.2) is 168 Å². The van der Waals surface area contributed by atoms with Crippen molar-refractivity contribution in [2.75, 3.05) is 45.8 Å². The zero-order chi connectivity index (χ0) is 64.0. The Morgan fingerprint density at radius 3 is 1.76 bits per heavy atom. The fraction of sp³-hybridized carbons (Fsp3) is 0.585. The van der Waals surface area contributed by atoms with Crippen LogP contribution in [0.5, 0.6) is 0 Å². The van der Waals surface area contributed by atoms with E-state index in [2.05, 4.69) is 78.1 Å². The van der Waals surface area contributed by atoms with Crippen LogP contribution in [0.4, 0.5) is 0 Å². The molecular weight excluding hydrogens is 1210 g/mol. The summed E-state index contributed by atoms with van der Waals surface area (Å²) in [6.45, 7) is 2.93. The Balaban J connectivity index is 1.30. The number of amides is 8. The summed E-state index contributed by atoms with van der Waals surface area (Å²) in [5.74, 6) is -5.34. The molecule has 6 unspecified atom stereocenters. The summed E-state index contributed by atoms with van der Waals surface area (Å²) in [4.78, 5) is 146. The number of hydrogen-bond acceptors (Lipinski definition) is 16. The van der Waals surface area contributed by atoms with Crippen LogP contribution in [0, 0.1) is 0 Å². The highest BCUT2D eigenvalue weighted by Crippen LogP contribution is 2.33. The number of hydrogen-bond donors (Lipinski definition) is 17. The Labute approximate surface area is 515 Å². The Morgan fingerprint density at radius 1 is 0.644 bits per heavy atom. The molecule has 1 aliphatic heterocycles. The number of carbonyl (C=O) groups is 8. The molecule has 3 heterocycles. The zero-order valence-corrected chi connectivity index (χ0v) is 51.4. The highest BCUT2D eigenvalue weighted by molar-refractivity contribution is 9.10. The van der Waals surface area contributed by atoms with Crippen LogP contribution >= 0.6 is 27.3 Å². The second-order valence-corrected chi connectivity index (χ2v) is 22.8. The van der Waals surface area contributed by atoms with E-state index in [1.165, 1.54) is 18.3 Å². The van der Waals surface area contributed by atoms with Gasteiger partial charge in [-0.1, -0.05) is 22.4 Å². The second-order valence-electron chi connectivity index (χ2n) is 20.9. The lowest BCUT2D eigenvalue weighted by Crippen LogP contribution is -2.58. The maximum absolute atomic E-state index is 14.1. The predicted molar refractivity (Wildman–Crippen MR) is 337 cm³/mol. The highest BCUT2D eigenvalue weighted by atomic mass is 79.9. The van der Waals surface area contributed by atoms with Gasteiger partial charge in [-0.3, -0.25) is 68.0 Å². The van der Waals surface area contributed by atoms with Crippen LogP contribution in [0.15, 0.2) is 47.4 Å². The number of primary amides is 1. The average Bonchev–Trinajstić information content (AvgIpc) is 1.67. The molecule has 0 spiro atoms. The summed E-state index contributed by atoms with van der Waals surface area (Å²) < 4.78 is 2.38. The lowest BCUT2D eigenvalue weighted by atomic mass is 10.0. The van der Waals surface area contributed by atoms with E-state index in [-0.39, 0.29) is 106 Å². The number of nitrogens with zero attached hydrogens (tertiary/aromatic N) is 6. The van der Waals surface area contributed by atoms with Crippen LogP contribution in [0.2, 0.25) is 0 Å². The number of aromatic nitrogens is 2. The van der Waals surface area contributed by atoms with Crippen LogP contribution in [0.1, 0.15) is 115 Å². The summed E-state index contributed by atoms with van der Waals surface area (Å²) in [6, 6.07) is -0.807. The van der Waals surface area contributed by atoms with Gasteiger partial charge in [0.25, 0.3) is 5.56 Å². The fourth-order valence-electron chi connectivity index (χ4n) is 9.34. The SMILES string of the molecule is CC(NC(=O)C(CCCCN=C(N)N)NC(=O)CNC(=O)CCCCCNC(=O)C1CCCN1Cc1nc2c(sc3ccc(Br)cc32)c(=O)[nH]1)C(=O)NC(CCCCN=C(N)N)C(=O)NC(CCCN=C(N)N)C(=O)NC(CCCN=C(N)N)C(N)=O. The van der Waals surface area contributed by atoms with Gasteiger partial charge >= 0.3 is 0 Å². The van der Waals surface area contributed by atoms with Gasteiger partial charge in [-0.05, 0) is 122 Å². The maximum atomic E-state index is 14.1. The van der Waals surface area contributed by atoms with Gasteiger partial charge in [0, 0.05) is 53.7 Å². The van der Waals surface area contributed by atoms with Gasteiger partial charge in [0.05, 0.1) is 24.6 Å². The lowest BCUT2D eigenvalue weighted by Gasteiger charge is -2.26. The number of benzene rings is 1. The lowest BCUT2D eigenvalue weighted by molar-refractivity contribution is -0.135. The standard InChI is InChI=1S/C53H86BrN23O9S/c1-29(44(81)73-34(13-5-8-22-66-51(58)59)47(84)74-35(15-10-24-68-53(62)63)46(83)72-32(43(55)80)14-9-23-67-52(60)61)70-45(82)33(12-4-7-21-65-50(56)57)71-40(79)27-69-39(78)17-3-2-6-20-64-48(85)36-16-11-25-77(36)28-38-75-41-31-26-30(54)18-19-37(31)87-42(41)49(86)76-38/h18-19,26,29,32-36H,2-17,20-25,27-28H2,1H3,(H2,55,80)(H,64,85)(H,69,78)(H,70,82)(H,71,79)(H,72,83)(H,73,81)(H,74,84)(H4,56,57,65)(H4,58,59,66)(H4,60,61,67)(H4,62,63,68)(H,75,76,86). The number of fused-ring (bicyclic) bond motifs is 3. The van der Waals surface area contributed by atoms with Gasteiger partial charge in [0.2, 0.25) is 47.3 Å². The van der Waals surface area contributed by atoms with E-state index in [1.54, 1.807) is 0 Å². The number of nitrogens with two attached hydrogens (primary N) is 9. The molecule has 0 radical (unpaired) electrons. The predicted octanol–water partition coefficient (Wildman–Crippen LogP) is -3.42. The molecule has 8 amide bonds. The van der Waals surface area contributed by atoms with Crippen molar-refractivity contribution in [2.45, 2.75) is 152 Å². The van der Waals surface area contributed by atoms with Gasteiger partial charge in [0.15, 0.2) is 23.8 Å². The van der Waals surface area contributed by atoms with Crippen molar-refractivity contribution in [1.82, 2.24) is 52.1 Å². The number of aromatic amines is 1. The van der Waals surface area contributed by atoms with Crippen molar-refractivity contribution in [3.8, 4) is 0 Å². The number of carbonyl (C=O) groups excluding carboxylic acids is 8. The van der Waals surface area contributed by atoms with Gasteiger partial charge in [-0.25, -0.2) is 4.98 Å². The molecule has 1 aromatic carbocycles. The molecule has 0 bridgehead atoms. The van der Waals surface area contributed by atoms with Crippen molar-refractivity contribution in [3.63, 3.8) is 0 Å². The molecule has 0 aliphatic carbocycles. The largest absolute Gasteiger partial charge is 0.370 e. The molecule has 3 aromatic rings. The first kappa shape index (κ1) is 71.1. The van der Waals surface area contributed by atoms with Gasteiger partial charge < -0.3 is 93.8 Å². The molecule has 4 rings (SSSR count). The number of nitrogens with one attached hydrogen (secondary N) is 8. The minimum atomic E-state index is -1.29. The summed E-state index contributed by atoms with van der Waals surface area (Å²) in [6.07, 6.45) is 5.30. The molecule has 34 heteroatoms. The minimum Gasteiger partial charge on any atom is -0.370 e. The number of thiophene rings is 1. The number of aliphatic imine (C=N–C) groups is 4. The minimum absolute atomic E-state index is 0.0179. The third-order valence-electron chi connectivity index (χ3n) is 13.8. The molecule has 1 aliphatic rings. The van der Waals surface area contributed by atoms with Crippen molar-refractivity contribution in [2.24, 2.45) is 71.6 Å². The Kier molecular flexibility index (Phi) is 30.4. The van der Waals surface area contributed by atoms with Crippen molar-refractivity contribution in [1.29, 1.82) is 0 Å². The molecule has 0 saturated carbocycles. The number of rotatable bonds is 39. The van der Waals surface area contributed by atoms with E-state index in [9.17, 15) is 43.2 Å². The van der Waals surface area contributed by atoms with E-state index in [1.807, 2.05) is 23.1 Å². The first-order valence-corrected chi connectivity index (χ1v) is 30.4. The molecule has 2 aromatic heterocycles. The zero-order valence-electron chi connectivity index (χ0n) is 49.0. The first-order chi connectivity index (χ1) is 41.4. The van der Waals surface area contributed by atoms with E-state index < -0.39 is 84.1 Å². The molecule has 6 atom stereocenters. The Hall–Kier alpha value is -8.40. The molecule has 480 valence electrons. The number of H-pyrrole nitrogens is 1. The summed E-state index contributed by atoms with van der Waals surface area (Å²) in [5.41, 5.74) is 49.6. The number of guanidine groups is 4. The maximum Gasteiger partial charge on any atom is 0.268 e. The van der Waals surface area contributed by atoms with Crippen LogP contribution in [0.3, 0.4) is 0 Å². The first-order valence-electron chi connectivity index (χ1n) is 28.8. The summed E-state index contributed by atoms with van der Waals surface area (Å²) >= 11 is 4.89. The van der Waals surface area contributed by atoms with E-state index in [0.717, 1.165) is 21.0 Å². The second kappa shape index (κ2) is 37.2. The molecule has 32 nitrogen and oxygen atoms in total. The molecule has 87 heavy (non-hydrogen) atoms. The highest BCUT2D eigenvalue weighted by Gasteiger charge is 2.33. The number of unbranched alkanes of at least 4 members (excludes halogenated alkanes) is 4. The average molecular weight is 1300 g/mol. The number of halogens is 1. The van der Waals surface area contributed by atoms with Gasteiger partial charge in [-0.2, -0.15) is 0 Å². The monoisotopic (exact) mass is 1300 g/mol. The van der Waals surface area contributed by atoms with E-state index >= 15 is 0 Å². The van der Waals surface area contributed by atoms with Gasteiger partial charge in [0.1, 0.15) is 40.7 Å². The van der Waals surface area contributed by atoms with E-state index in [4.69, 9.17) is 56.6 Å². The van der Waals surface area contributed by atoms with Crippen molar-refractivity contribution >= 4 is 119 Å². The van der Waals surface area contributed by atoms with Crippen LogP contribution < -0.4 is 94.4 Å². The number of likely N-dealkylation sites (tertiary alicyclic amines) is 1. The van der Waals surface area contributed by atoms with Crippen LogP contribution in [0.25, 0.3) is 20.3 Å². The van der Waals surface area contributed by atoms with Gasteiger partial charge in [-0.15, -0.1) is 11.3 Å². The normalized spacial score (nSPS) is 14.7. The van der Waals surface area contributed by atoms with Crippen molar-refractivity contribution in [3.05, 3.63) is 38.9 Å². The third-order valence-corrected chi connectivity index (χ3v) is 15.4. The molecule has 1 saturated heterocycles. The third kappa shape index (κ3) is 26.0. The Morgan fingerprint density at radius 2 is 1.17 bits per heavy atom. The quantitative estimate of drug-likeness (QED) is 0.0150. The fourth-order valence-corrected chi connectivity index (χ4v) is 10.7. The molecule has 26 N–H and O–H groups in total. The smallest absolute Gasteiger partial charge is 0.268 e. The summed E-state index contributed by atoms with van der Waals surface area (Å²) in [7, 11) is 0. The Bertz CT molecular complexity index is 3010. The molecular formula is C53H86BrN23O9S. The van der Waals surface area contributed by atoms with Crippen LogP contribution in [-0.2, 0) is 44.9 Å². The molecule has 1 fully saturated rings. The van der Waals surface area contributed by atoms with E-state index in [0.29, 0.717) is 87.0 Å².